The molecule has 0 aliphatic heterocycles. The molecule has 2 aromatic carbocycles. The summed E-state index contributed by atoms with van der Waals surface area (Å²) < 4.78 is 23.9. The molecule has 0 fully saturated rings. The Morgan fingerprint density at radius 2 is 1.76 bits per heavy atom. The zero-order valence-electron chi connectivity index (χ0n) is 15.2. The van der Waals surface area contributed by atoms with Crippen LogP contribution in [0.4, 0.5) is 0 Å². The van der Waals surface area contributed by atoms with Gasteiger partial charge < -0.3 is 4.90 Å². The molecule has 0 N–H and O–H groups in total. The summed E-state index contributed by atoms with van der Waals surface area (Å²) in [5, 5.41) is 0. The third-order valence-corrected chi connectivity index (χ3v) is 5.65. The molecule has 134 valence electrons. The highest BCUT2D eigenvalue weighted by atomic mass is 32.2. The monoisotopic (exact) mass is 359 g/mol. The maximum absolute atomic E-state index is 13.1. The van der Waals surface area contributed by atoms with Gasteiger partial charge in [-0.1, -0.05) is 43.3 Å². The maximum atomic E-state index is 13.1. The first-order valence-electron chi connectivity index (χ1n) is 8.39. The number of carbonyl (C=O) groups is 1. The molecule has 25 heavy (non-hydrogen) atoms. The second-order valence-electron chi connectivity index (χ2n) is 6.43. The summed E-state index contributed by atoms with van der Waals surface area (Å²) in [5.41, 5.74) is 2.10. The molecule has 0 aromatic heterocycles. The highest BCUT2D eigenvalue weighted by molar-refractivity contribution is 7.90. The zero-order chi connectivity index (χ0) is 18.6. The molecule has 0 bridgehead atoms. The summed E-state index contributed by atoms with van der Waals surface area (Å²) in [6.07, 6.45) is 1.99. The van der Waals surface area contributed by atoms with Gasteiger partial charge in [-0.25, -0.2) is 8.42 Å². The maximum Gasteiger partial charge on any atom is 0.254 e. The standard InChI is InChI=1S/C20H25NO3S/c1-5-16(3)21(14-17-9-7-6-8-10-17)20(22)18-12-11-15(2)19(13-18)25(4,23)24/h6-13,16H,5,14H2,1-4H3/t16-/m1/s1. The summed E-state index contributed by atoms with van der Waals surface area (Å²) in [6, 6.07) is 14.7. The highest BCUT2D eigenvalue weighted by Gasteiger charge is 2.22. The molecule has 0 unspecified atom stereocenters. The Balaban J connectivity index is 2.40. The van der Waals surface area contributed by atoms with Gasteiger partial charge in [0, 0.05) is 24.4 Å². The molecule has 0 aliphatic carbocycles. The molecule has 4 nitrogen and oxygen atoms in total. The fourth-order valence-corrected chi connectivity index (χ4v) is 3.72. The Kier molecular flexibility index (Phi) is 6.01. The van der Waals surface area contributed by atoms with Crippen LogP contribution in [0, 0.1) is 6.92 Å². The van der Waals surface area contributed by atoms with E-state index in [9.17, 15) is 13.2 Å². The van der Waals surface area contributed by atoms with Crippen molar-refractivity contribution in [3.63, 3.8) is 0 Å². The van der Waals surface area contributed by atoms with Crippen molar-refractivity contribution >= 4 is 15.7 Å². The van der Waals surface area contributed by atoms with E-state index in [0.29, 0.717) is 17.7 Å². The van der Waals surface area contributed by atoms with Crippen molar-refractivity contribution in [2.45, 2.75) is 44.7 Å². The summed E-state index contributed by atoms with van der Waals surface area (Å²) in [6.45, 7) is 6.28. The van der Waals surface area contributed by atoms with Crippen LogP contribution in [0.3, 0.4) is 0 Å². The largest absolute Gasteiger partial charge is 0.332 e. The number of nitrogens with zero attached hydrogens (tertiary/aromatic N) is 1. The van der Waals surface area contributed by atoms with Crippen molar-refractivity contribution in [1.82, 2.24) is 4.90 Å². The van der Waals surface area contributed by atoms with Crippen LogP contribution in [-0.4, -0.2) is 31.5 Å². The van der Waals surface area contributed by atoms with E-state index in [4.69, 9.17) is 0 Å². The van der Waals surface area contributed by atoms with Crippen LogP contribution in [0.5, 0.6) is 0 Å². The van der Waals surface area contributed by atoms with Crippen molar-refractivity contribution in [1.29, 1.82) is 0 Å². The molecule has 0 heterocycles. The van der Waals surface area contributed by atoms with Crippen molar-refractivity contribution in [2.24, 2.45) is 0 Å². The highest BCUT2D eigenvalue weighted by Crippen LogP contribution is 2.20. The molecule has 5 heteroatoms. The lowest BCUT2D eigenvalue weighted by Crippen LogP contribution is -2.37. The number of aryl methyl sites for hydroxylation is 1. The smallest absolute Gasteiger partial charge is 0.254 e. The van der Waals surface area contributed by atoms with Crippen LogP contribution in [0.25, 0.3) is 0 Å². The average Bonchev–Trinajstić information content (AvgIpc) is 2.58. The van der Waals surface area contributed by atoms with E-state index in [0.717, 1.165) is 12.0 Å². The molecule has 0 saturated carbocycles. The quantitative estimate of drug-likeness (QED) is 0.787. The van der Waals surface area contributed by atoms with Crippen LogP contribution in [-0.2, 0) is 16.4 Å². The molecular weight excluding hydrogens is 334 g/mol. The minimum atomic E-state index is -3.37. The molecule has 0 spiro atoms. The van der Waals surface area contributed by atoms with E-state index in [2.05, 4.69) is 0 Å². The first-order valence-corrected chi connectivity index (χ1v) is 10.3. The van der Waals surface area contributed by atoms with Gasteiger partial charge in [-0.15, -0.1) is 0 Å². The molecule has 1 atom stereocenters. The van der Waals surface area contributed by atoms with E-state index >= 15 is 0 Å². The SMILES string of the molecule is CC[C@@H](C)N(Cc1ccccc1)C(=O)c1ccc(C)c(S(C)(=O)=O)c1. The molecule has 1 amide bonds. The van der Waals surface area contributed by atoms with Gasteiger partial charge in [-0.05, 0) is 43.5 Å². The first-order chi connectivity index (χ1) is 11.7. The van der Waals surface area contributed by atoms with Crippen LogP contribution >= 0.6 is 0 Å². The Morgan fingerprint density at radius 3 is 2.32 bits per heavy atom. The lowest BCUT2D eigenvalue weighted by molar-refractivity contribution is 0.0671. The van der Waals surface area contributed by atoms with Gasteiger partial charge in [0.25, 0.3) is 5.91 Å². The normalized spacial score (nSPS) is 12.6. The van der Waals surface area contributed by atoms with Gasteiger partial charge in [0.1, 0.15) is 0 Å². The second-order valence-corrected chi connectivity index (χ2v) is 8.41. The van der Waals surface area contributed by atoms with Crippen molar-refractivity contribution in [3.8, 4) is 0 Å². The van der Waals surface area contributed by atoms with Crippen molar-refractivity contribution in [3.05, 3.63) is 65.2 Å². The molecule has 0 radical (unpaired) electrons. The Labute approximate surface area is 150 Å². The Morgan fingerprint density at radius 1 is 1.12 bits per heavy atom. The number of benzene rings is 2. The van der Waals surface area contributed by atoms with Crippen LogP contribution in [0.15, 0.2) is 53.4 Å². The average molecular weight is 359 g/mol. The number of carbonyl (C=O) groups excluding carboxylic acids is 1. The number of hydrogen-bond acceptors (Lipinski definition) is 3. The summed E-state index contributed by atoms with van der Waals surface area (Å²) in [4.78, 5) is 15.1. The van der Waals surface area contributed by atoms with Gasteiger partial charge in [0.05, 0.1) is 4.90 Å². The van der Waals surface area contributed by atoms with Crippen molar-refractivity contribution in [2.75, 3.05) is 6.26 Å². The van der Waals surface area contributed by atoms with Gasteiger partial charge in [0.15, 0.2) is 9.84 Å². The van der Waals surface area contributed by atoms with Gasteiger partial charge >= 0.3 is 0 Å². The zero-order valence-corrected chi connectivity index (χ0v) is 16.0. The number of amides is 1. The molecular formula is C20H25NO3S. The molecule has 2 aromatic rings. The predicted octanol–water partition coefficient (Wildman–Crippen LogP) is 3.84. The van der Waals surface area contributed by atoms with E-state index < -0.39 is 9.84 Å². The van der Waals surface area contributed by atoms with Gasteiger partial charge in [-0.3, -0.25) is 4.79 Å². The van der Waals surface area contributed by atoms with Crippen LogP contribution in [0.2, 0.25) is 0 Å². The topological polar surface area (TPSA) is 54.5 Å². The third kappa shape index (κ3) is 4.69. The van der Waals surface area contributed by atoms with E-state index in [-0.39, 0.29) is 16.8 Å². The number of sulfone groups is 1. The Bertz CT molecular complexity index is 844. The number of rotatable bonds is 6. The van der Waals surface area contributed by atoms with Crippen molar-refractivity contribution < 1.29 is 13.2 Å². The lowest BCUT2D eigenvalue weighted by Gasteiger charge is -2.29. The van der Waals surface area contributed by atoms with E-state index in [1.165, 1.54) is 12.3 Å². The van der Waals surface area contributed by atoms with Crippen LogP contribution in [0.1, 0.15) is 41.8 Å². The molecule has 0 saturated heterocycles. The second kappa shape index (κ2) is 7.83. The van der Waals surface area contributed by atoms with Gasteiger partial charge in [0.2, 0.25) is 0 Å². The van der Waals surface area contributed by atoms with E-state index in [1.807, 2.05) is 44.2 Å². The third-order valence-electron chi connectivity index (χ3n) is 4.41. The molecule has 0 aliphatic rings. The predicted molar refractivity (Wildman–Crippen MR) is 100 cm³/mol. The Hall–Kier alpha value is -2.14. The fraction of sp³-hybridized carbons (Fsp3) is 0.350. The minimum absolute atomic E-state index is 0.0516. The first kappa shape index (κ1) is 19.2. The summed E-state index contributed by atoms with van der Waals surface area (Å²) in [5.74, 6) is -0.150. The summed E-state index contributed by atoms with van der Waals surface area (Å²) in [7, 11) is -3.37. The lowest BCUT2D eigenvalue weighted by atomic mass is 10.1. The molecule has 2 rings (SSSR count). The fourth-order valence-electron chi connectivity index (χ4n) is 2.73. The van der Waals surface area contributed by atoms with E-state index in [1.54, 1.807) is 24.0 Å². The number of hydrogen-bond donors (Lipinski definition) is 0. The van der Waals surface area contributed by atoms with Crippen LogP contribution < -0.4 is 0 Å². The minimum Gasteiger partial charge on any atom is -0.332 e. The summed E-state index contributed by atoms with van der Waals surface area (Å²) >= 11 is 0. The van der Waals surface area contributed by atoms with Gasteiger partial charge in [-0.2, -0.15) is 0 Å².